The van der Waals surface area contributed by atoms with Gasteiger partial charge in [-0.2, -0.15) is 5.10 Å². The van der Waals surface area contributed by atoms with Crippen molar-refractivity contribution in [1.29, 1.82) is 0 Å². The number of rotatable bonds is 6. The summed E-state index contributed by atoms with van der Waals surface area (Å²) >= 11 is 0. The van der Waals surface area contributed by atoms with E-state index in [2.05, 4.69) is 14.9 Å². The van der Waals surface area contributed by atoms with E-state index in [1.807, 2.05) is 28.0 Å². The fraction of sp³-hybridized carbons (Fsp3) is 0.810. The van der Waals surface area contributed by atoms with Gasteiger partial charge in [0.15, 0.2) is 0 Å². The molecule has 0 spiro atoms. The van der Waals surface area contributed by atoms with Crippen molar-refractivity contribution >= 4 is 5.91 Å². The summed E-state index contributed by atoms with van der Waals surface area (Å²) in [5, 5.41) is 4.28. The molecule has 3 fully saturated rings. The number of likely N-dealkylation sites (tertiary alicyclic amines) is 2. The van der Waals surface area contributed by atoms with Gasteiger partial charge in [0.2, 0.25) is 5.91 Å². The van der Waals surface area contributed by atoms with Crippen LogP contribution in [0.3, 0.4) is 0 Å². The number of aromatic nitrogens is 2. The van der Waals surface area contributed by atoms with Crippen molar-refractivity contribution in [3.05, 3.63) is 18.5 Å². The molecule has 3 saturated heterocycles. The van der Waals surface area contributed by atoms with Crippen LogP contribution < -0.4 is 0 Å². The van der Waals surface area contributed by atoms with E-state index in [-0.39, 0.29) is 5.92 Å². The quantitative estimate of drug-likeness (QED) is 0.734. The Labute approximate surface area is 168 Å². The van der Waals surface area contributed by atoms with Crippen LogP contribution in [0.1, 0.15) is 32.1 Å². The lowest BCUT2D eigenvalue weighted by Crippen LogP contribution is -2.52. The van der Waals surface area contributed by atoms with Crippen molar-refractivity contribution in [3.8, 4) is 0 Å². The predicted octanol–water partition coefficient (Wildman–Crippen LogP) is 1.31. The van der Waals surface area contributed by atoms with Crippen LogP contribution in [0.4, 0.5) is 0 Å². The number of hydrogen-bond donors (Lipinski definition) is 0. The normalized spacial score (nSPS) is 25.9. The molecule has 28 heavy (non-hydrogen) atoms. The lowest BCUT2D eigenvalue weighted by molar-refractivity contribution is -0.142. The number of ether oxygens (including phenoxy) is 1. The molecule has 0 aromatic carbocycles. The first-order valence-corrected chi connectivity index (χ1v) is 11.1. The Bertz CT molecular complexity index is 594. The van der Waals surface area contributed by atoms with Gasteiger partial charge in [-0.05, 0) is 64.3 Å². The Balaban J connectivity index is 1.19. The van der Waals surface area contributed by atoms with Gasteiger partial charge in [0.05, 0.1) is 19.1 Å². The van der Waals surface area contributed by atoms with Crippen LogP contribution in [-0.4, -0.2) is 95.5 Å². The lowest BCUT2D eigenvalue weighted by atomic mass is 9.92. The molecule has 3 aliphatic rings. The standard InChI is InChI=1S/C21H35N5O2/c27-21(24-14-16-28-17-15-24)19-4-1-9-25(18-19)20-5-12-23(13-6-20)8-3-11-26-10-2-7-22-26/h2,7,10,19-20H,1,3-6,8-9,11-18H2. The fourth-order valence-electron chi connectivity index (χ4n) is 4.98. The highest BCUT2D eigenvalue weighted by Crippen LogP contribution is 2.25. The van der Waals surface area contributed by atoms with Crippen LogP contribution in [0.2, 0.25) is 0 Å². The van der Waals surface area contributed by atoms with Gasteiger partial charge >= 0.3 is 0 Å². The monoisotopic (exact) mass is 389 g/mol. The van der Waals surface area contributed by atoms with Crippen molar-refractivity contribution in [2.24, 2.45) is 5.92 Å². The number of nitrogens with zero attached hydrogens (tertiary/aromatic N) is 5. The Hall–Kier alpha value is -1.44. The van der Waals surface area contributed by atoms with Gasteiger partial charge in [0.1, 0.15) is 0 Å². The molecular formula is C21H35N5O2. The van der Waals surface area contributed by atoms with Crippen LogP contribution in [0.25, 0.3) is 0 Å². The number of aryl methyl sites for hydroxylation is 1. The molecule has 1 amide bonds. The van der Waals surface area contributed by atoms with Crippen molar-refractivity contribution in [3.63, 3.8) is 0 Å². The average Bonchev–Trinajstić information content (AvgIpc) is 3.28. The smallest absolute Gasteiger partial charge is 0.227 e. The second kappa shape index (κ2) is 9.85. The van der Waals surface area contributed by atoms with Gasteiger partial charge < -0.3 is 14.5 Å². The van der Waals surface area contributed by atoms with E-state index in [9.17, 15) is 4.79 Å². The molecule has 4 heterocycles. The van der Waals surface area contributed by atoms with Gasteiger partial charge in [-0.1, -0.05) is 0 Å². The second-order valence-electron chi connectivity index (χ2n) is 8.47. The maximum Gasteiger partial charge on any atom is 0.227 e. The molecule has 0 bridgehead atoms. The summed E-state index contributed by atoms with van der Waals surface area (Å²) in [6.07, 6.45) is 9.73. The maximum atomic E-state index is 12.9. The van der Waals surface area contributed by atoms with E-state index in [4.69, 9.17) is 4.74 Å². The minimum atomic E-state index is 0.193. The Morgan fingerprint density at radius 3 is 2.61 bits per heavy atom. The Kier molecular flexibility index (Phi) is 6.99. The second-order valence-corrected chi connectivity index (χ2v) is 8.47. The maximum absolute atomic E-state index is 12.9. The van der Waals surface area contributed by atoms with E-state index < -0.39 is 0 Å². The highest BCUT2D eigenvalue weighted by Gasteiger charge is 2.33. The predicted molar refractivity (Wildman–Crippen MR) is 108 cm³/mol. The van der Waals surface area contributed by atoms with Crippen LogP contribution in [-0.2, 0) is 16.1 Å². The summed E-state index contributed by atoms with van der Waals surface area (Å²) < 4.78 is 7.42. The molecule has 4 rings (SSSR count). The summed E-state index contributed by atoms with van der Waals surface area (Å²) in [7, 11) is 0. The van der Waals surface area contributed by atoms with Gasteiger partial charge in [-0.25, -0.2) is 0 Å². The van der Waals surface area contributed by atoms with E-state index in [1.165, 1.54) is 25.9 Å². The minimum absolute atomic E-state index is 0.193. The van der Waals surface area contributed by atoms with E-state index in [0.717, 1.165) is 58.5 Å². The molecule has 0 N–H and O–H groups in total. The molecule has 1 unspecified atom stereocenters. The van der Waals surface area contributed by atoms with Gasteiger partial charge in [0.25, 0.3) is 0 Å². The van der Waals surface area contributed by atoms with Crippen LogP contribution in [0, 0.1) is 5.92 Å². The molecule has 3 aliphatic heterocycles. The van der Waals surface area contributed by atoms with Crippen molar-refractivity contribution in [2.75, 3.05) is 59.0 Å². The SMILES string of the molecule is O=C(C1CCCN(C2CCN(CCCn3cccn3)CC2)C1)N1CCOCC1. The minimum Gasteiger partial charge on any atom is -0.378 e. The molecule has 0 aliphatic carbocycles. The number of amides is 1. The zero-order valence-corrected chi connectivity index (χ0v) is 17.0. The Morgan fingerprint density at radius 2 is 1.86 bits per heavy atom. The van der Waals surface area contributed by atoms with Crippen LogP contribution >= 0.6 is 0 Å². The summed E-state index contributed by atoms with van der Waals surface area (Å²) in [5.74, 6) is 0.558. The van der Waals surface area contributed by atoms with Gasteiger partial charge in [0, 0.05) is 44.6 Å². The van der Waals surface area contributed by atoms with Gasteiger partial charge in [-0.3, -0.25) is 14.4 Å². The number of carbonyl (C=O) groups excluding carboxylic acids is 1. The molecule has 0 radical (unpaired) electrons. The molecule has 1 aromatic heterocycles. The topological polar surface area (TPSA) is 53.8 Å². The Morgan fingerprint density at radius 1 is 1.04 bits per heavy atom. The van der Waals surface area contributed by atoms with E-state index in [1.54, 1.807) is 0 Å². The molecule has 7 nitrogen and oxygen atoms in total. The molecular weight excluding hydrogens is 354 g/mol. The number of morpholine rings is 1. The highest BCUT2D eigenvalue weighted by atomic mass is 16.5. The molecule has 156 valence electrons. The van der Waals surface area contributed by atoms with Gasteiger partial charge in [-0.15, -0.1) is 0 Å². The average molecular weight is 390 g/mol. The first-order valence-electron chi connectivity index (χ1n) is 11.1. The van der Waals surface area contributed by atoms with Crippen molar-refractivity contribution in [1.82, 2.24) is 24.5 Å². The zero-order chi connectivity index (χ0) is 19.2. The molecule has 1 aromatic rings. The third-order valence-electron chi connectivity index (χ3n) is 6.62. The summed E-state index contributed by atoms with van der Waals surface area (Å²) in [6.45, 7) is 9.58. The van der Waals surface area contributed by atoms with E-state index in [0.29, 0.717) is 25.2 Å². The van der Waals surface area contributed by atoms with Crippen molar-refractivity contribution in [2.45, 2.75) is 44.7 Å². The first kappa shape index (κ1) is 19.9. The first-order chi connectivity index (χ1) is 13.8. The van der Waals surface area contributed by atoms with Crippen LogP contribution in [0.5, 0.6) is 0 Å². The zero-order valence-electron chi connectivity index (χ0n) is 17.0. The summed E-state index contributed by atoms with van der Waals surface area (Å²) in [4.78, 5) is 20.1. The van der Waals surface area contributed by atoms with Crippen molar-refractivity contribution < 1.29 is 9.53 Å². The lowest BCUT2D eigenvalue weighted by Gasteiger charge is -2.43. The summed E-state index contributed by atoms with van der Waals surface area (Å²) in [5.41, 5.74) is 0. The highest BCUT2D eigenvalue weighted by molar-refractivity contribution is 5.79. The molecule has 0 saturated carbocycles. The third kappa shape index (κ3) is 5.13. The molecule has 1 atom stereocenters. The third-order valence-corrected chi connectivity index (χ3v) is 6.62. The number of piperidine rings is 2. The van der Waals surface area contributed by atoms with Crippen LogP contribution in [0.15, 0.2) is 18.5 Å². The largest absolute Gasteiger partial charge is 0.378 e. The fourth-order valence-corrected chi connectivity index (χ4v) is 4.98. The summed E-state index contributed by atoms with van der Waals surface area (Å²) in [6, 6.07) is 2.64. The number of hydrogen-bond acceptors (Lipinski definition) is 5. The van der Waals surface area contributed by atoms with E-state index >= 15 is 0 Å². The number of carbonyl (C=O) groups is 1. The molecule has 7 heteroatoms.